The number of aromatic nitrogens is 2. The minimum absolute atomic E-state index is 0.0366. The summed E-state index contributed by atoms with van der Waals surface area (Å²) in [6.45, 7) is 7.26. The van der Waals surface area contributed by atoms with Gasteiger partial charge in [0.15, 0.2) is 0 Å². The van der Waals surface area contributed by atoms with Gasteiger partial charge in [-0.2, -0.15) is 0 Å². The number of carbonyl (C=O) groups is 1. The average molecular weight is 269 g/mol. The predicted octanol–water partition coefficient (Wildman–Crippen LogP) is 2.52. The Kier molecular flexibility index (Phi) is 3.30. The summed E-state index contributed by atoms with van der Waals surface area (Å²) in [5.74, 6) is 1.04. The number of benzene rings is 1. The lowest BCUT2D eigenvalue weighted by molar-refractivity contribution is -0.126. The van der Waals surface area contributed by atoms with Gasteiger partial charge in [-0.05, 0) is 38.0 Å². The second-order valence-electron chi connectivity index (χ2n) is 5.29. The molecule has 1 saturated heterocycles. The van der Waals surface area contributed by atoms with E-state index in [-0.39, 0.29) is 11.9 Å². The Labute approximate surface area is 118 Å². The van der Waals surface area contributed by atoms with Gasteiger partial charge in [-0.3, -0.25) is 4.79 Å². The van der Waals surface area contributed by atoms with Crippen LogP contribution in [0.1, 0.15) is 18.7 Å². The normalized spacial score (nSPS) is 18.6. The number of rotatable bonds is 3. The van der Waals surface area contributed by atoms with Crippen molar-refractivity contribution < 1.29 is 4.79 Å². The van der Waals surface area contributed by atoms with E-state index in [0.717, 1.165) is 42.8 Å². The molecule has 1 aromatic carbocycles. The van der Waals surface area contributed by atoms with E-state index >= 15 is 0 Å². The monoisotopic (exact) mass is 269 g/mol. The van der Waals surface area contributed by atoms with Gasteiger partial charge in [0.2, 0.25) is 5.91 Å². The minimum Gasteiger partial charge on any atom is -0.334 e. The molecule has 104 valence electrons. The van der Waals surface area contributed by atoms with Crippen molar-refractivity contribution in [3.05, 3.63) is 42.7 Å². The molecular weight excluding hydrogens is 250 g/mol. The van der Waals surface area contributed by atoms with Crippen LogP contribution in [-0.2, 0) is 11.3 Å². The third-order valence-corrected chi connectivity index (χ3v) is 4.07. The van der Waals surface area contributed by atoms with Crippen molar-refractivity contribution in [1.29, 1.82) is 0 Å². The molecular formula is C16H19N3O. The van der Waals surface area contributed by atoms with Crippen LogP contribution in [0.4, 0.5) is 0 Å². The molecule has 0 N–H and O–H groups in total. The molecule has 0 saturated carbocycles. The molecule has 20 heavy (non-hydrogen) atoms. The van der Waals surface area contributed by atoms with Gasteiger partial charge >= 0.3 is 0 Å². The van der Waals surface area contributed by atoms with Crippen molar-refractivity contribution in [3.63, 3.8) is 0 Å². The third-order valence-electron chi connectivity index (χ3n) is 4.07. The SMILES string of the molecule is C=CC(=O)N1CCCC1Cn1c(C)nc2ccccc21. The number of nitrogens with zero attached hydrogens (tertiary/aromatic N) is 3. The molecule has 4 heteroatoms. The number of carbonyl (C=O) groups excluding carboxylic acids is 1. The average Bonchev–Trinajstić information content (AvgIpc) is 3.04. The quantitative estimate of drug-likeness (QED) is 0.803. The van der Waals surface area contributed by atoms with Crippen molar-refractivity contribution in [2.75, 3.05) is 6.54 Å². The van der Waals surface area contributed by atoms with Crippen LogP contribution in [0.15, 0.2) is 36.9 Å². The zero-order valence-electron chi connectivity index (χ0n) is 11.7. The van der Waals surface area contributed by atoms with Crippen LogP contribution in [0.2, 0.25) is 0 Å². The fourth-order valence-electron chi connectivity index (χ4n) is 3.07. The minimum atomic E-state index is 0.0366. The van der Waals surface area contributed by atoms with Gasteiger partial charge in [0.1, 0.15) is 5.82 Å². The fourth-order valence-corrected chi connectivity index (χ4v) is 3.07. The highest BCUT2D eigenvalue weighted by Gasteiger charge is 2.28. The molecule has 1 atom stereocenters. The number of fused-ring (bicyclic) bond motifs is 1. The van der Waals surface area contributed by atoms with E-state index in [0.29, 0.717) is 0 Å². The highest BCUT2D eigenvalue weighted by atomic mass is 16.2. The summed E-state index contributed by atoms with van der Waals surface area (Å²) in [6.07, 6.45) is 3.53. The number of aryl methyl sites for hydroxylation is 1. The first kappa shape index (κ1) is 12.9. The Morgan fingerprint density at radius 3 is 3.10 bits per heavy atom. The summed E-state index contributed by atoms with van der Waals surface area (Å²) >= 11 is 0. The Bertz CT molecular complexity index is 659. The van der Waals surface area contributed by atoms with Crippen LogP contribution in [0.3, 0.4) is 0 Å². The molecule has 1 unspecified atom stereocenters. The van der Waals surface area contributed by atoms with E-state index in [4.69, 9.17) is 0 Å². The van der Waals surface area contributed by atoms with Crippen molar-refractivity contribution in [3.8, 4) is 0 Å². The summed E-state index contributed by atoms with van der Waals surface area (Å²) < 4.78 is 2.22. The van der Waals surface area contributed by atoms with E-state index in [1.54, 1.807) is 0 Å². The number of amides is 1. The fraction of sp³-hybridized carbons (Fsp3) is 0.375. The first-order valence-corrected chi connectivity index (χ1v) is 7.05. The third kappa shape index (κ3) is 2.11. The van der Waals surface area contributed by atoms with Crippen LogP contribution in [0.5, 0.6) is 0 Å². The van der Waals surface area contributed by atoms with Gasteiger partial charge in [-0.1, -0.05) is 18.7 Å². The molecule has 3 rings (SSSR count). The lowest BCUT2D eigenvalue weighted by Crippen LogP contribution is -2.37. The smallest absolute Gasteiger partial charge is 0.246 e. The number of hydrogen-bond donors (Lipinski definition) is 0. The van der Waals surface area contributed by atoms with Gasteiger partial charge in [0.05, 0.1) is 17.1 Å². The standard InChI is InChI=1S/C16H19N3O/c1-3-16(20)18-10-6-7-13(18)11-19-12(2)17-14-8-4-5-9-15(14)19/h3-5,8-9,13H,1,6-7,10-11H2,2H3. The molecule has 2 aromatic rings. The van der Waals surface area contributed by atoms with Crippen molar-refractivity contribution >= 4 is 16.9 Å². The highest BCUT2D eigenvalue weighted by Crippen LogP contribution is 2.23. The molecule has 2 heterocycles. The zero-order chi connectivity index (χ0) is 14.1. The van der Waals surface area contributed by atoms with E-state index in [1.807, 2.05) is 30.0 Å². The number of imidazole rings is 1. The van der Waals surface area contributed by atoms with Gasteiger partial charge in [0, 0.05) is 13.1 Å². The highest BCUT2D eigenvalue weighted by molar-refractivity contribution is 5.87. The van der Waals surface area contributed by atoms with Gasteiger partial charge < -0.3 is 9.47 Å². The summed E-state index contributed by atoms with van der Waals surface area (Å²) in [4.78, 5) is 18.4. The van der Waals surface area contributed by atoms with E-state index in [9.17, 15) is 4.79 Å². The second kappa shape index (κ2) is 5.12. The summed E-state index contributed by atoms with van der Waals surface area (Å²) in [7, 11) is 0. The first-order chi connectivity index (χ1) is 9.70. The number of hydrogen-bond acceptors (Lipinski definition) is 2. The molecule has 1 aromatic heterocycles. The maximum absolute atomic E-state index is 11.9. The van der Waals surface area contributed by atoms with E-state index < -0.39 is 0 Å². The topological polar surface area (TPSA) is 38.1 Å². The Morgan fingerprint density at radius 2 is 2.30 bits per heavy atom. The number of para-hydroxylation sites is 2. The van der Waals surface area contributed by atoms with Gasteiger partial charge in [-0.15, -0.1) is 0 Å². The van der Waals surface area contributed by atoms with Crippen molar-refractivity contribution in [2.24, 2.45) is 0 Å². The van der Waals surface area contributed by atoms with Crippen LogP contribution >= 0.6 is 0 Å². The Balaban J connectivity index is 1.91. The van der Waals surface area contributed by atoms with Crippen LogP contribution in [0, 0.1) is 6.92 Å². The van der Waals surface area contributed by atoms with Crippen LogP contribution in [0.25, 0.3) is 11.0 Å². The van der Waals surface area contributed by atoms with Gasteiger partial charge in [0.25, 0.3) is 0 Å². The molecule has 0 spiro atoms. The van der Waals surface area contributed by atoms with Crippen molar-refractivity contribution in [1.82, 2.24) is 14.5 Å². The molecule has 4 nitrogen and oxygen atoms in total. The first-order valence-electron chi connectivity index (χ1n) is 7.05. The van der Waals surface area contributed by atoms with Gasteiger partial charge in [-0.25, -0.2) is 4.98 Å². The molecule has 1 aliphatic rings. The molecule has 0 radical (unpaired) electrons. The lowest BCUT2D eigenvalue weighted by Gasteiger charge is -2.24. The number of likely N-dealkylation sites (tertiary alicyclic amines) is 1. The predicted molar refractivity (Wildman–Crippen MR) is 79.4 cm³/mol. The molecule has 1 fully saturated rings. The maximum atomic E-state index is 11.9. The van der Waals surface area contributed by atoms with E-state index in [1.165, 1.54) is 6.08 Å². The Morgan fingerprint density at radius 1 is 1.50 bits per heavy atom. The van der Waals surface area contributed by atoms with Crippen LogP contribution < -0.4 is 0 Å². The van der Waals surface area contributed by atoms with Crippen molar-refractivity contribution in [2.45, 2.75) is 32.4 Å². The van der Waals surface area contributed by atoms with E-state index in [2.05, 4.69) is 22.2 Å². The van der Waals surface area contributed by atoms with Crippen LogP contribution in [-0.4, -0.2) is 32.9 Å². The Hall–Kier alpha value is -2.10. The molecule has 0 aliphatic carbocycles. The largest absolute Gasteiger partial charge is 0.334 e. The molecule has 1 aliphatic heterocycles. The summed E-state index contributed by atoms with van der Waals surface area (Å²) in [5.41, 5.74) is 2.16. The second-order valence-corrected chi connectivity index (χ2v) is 5.29. The maximum Gasteiger partial charge on any atom is 0.246 e. The zero-order valence-corrected chi connectivity index (χ0v) is 11.7. The summed E-state index contributed by atoms with van der Waals surface area (Å²) in [5, 5.41) is 0. The summed E-state index contributed by atoms with van der Waals surface area (Å²) in [6, 6.07) is 8.39. The lowest BCUT2D eigenvalue weighted by atomic mass is 10.2. The molecule has 0 bridgehead atoms. The molecule has 1 amide bonds.